The Bertz CT molecular complexity index is 2290. The highest BCUT2D eigenvalue weighted by atomic mass is 16.6. The van der Waals surface area contributed by atoms with Crippen LogP contribution in [0.3, 0.4) is 0 Å². The molecule has 1 amide bonds. The quantitative estimate of drug-likeness (QED) is 0.130. The maximum absolute atomic E-state index is 15.5. The number of Topliss-reactive ketones (excluding diaryl/α,β-unsaturated/α-hetero) is 1. The molecule has 4 N–H and O–H groups in total. The monoisotopic (exact) mass is 854 g/mol. The number of esters is 4. The third kappa shape index (κ3) is 7.27. The summed E-state index contributed by atoms with van der Waals surface area (Å²) in [5, 5.41) is 40.1. The fourth-order valence-corrected chi connectivity index (χ4v) is 10.1. The summed E-state index contributed by atoms with van der Waals surface area (Å²) in [6.07, 6.45) is -9.18. The van der Waals surface area contributed by atoms with E-state index in [1.807, 2.05) is 0 Å². The number of fused-ring (bicyclic) bond motifs is 5. The number of aliphatic hydroxyl groups excluding tert-OH is 2. The van der Waals surface area contributed by atoms with Crippen molar-refractivity contribution in [1.82, 2.24) is 10.3 Å². The highest BCUT2D eigenvalue weighted by Gasteiger charge is 2.78. The molecular weight excluding hydrogens is 805 g/mol. The van der Waals surface area contributed by atoms with Gasteiger partial charge in [0.1, 0.15) is 29.6 Å². The van der Waals surface area contributed by atoms with Gasteiger partial charge in [-0.15, -0.1) is 0 Å². The van der Waals surface area contributed by atoms with Crippen molar-refractivity contribution in [1.29, 1.82) is 0 Å². The number of nitrogens with zero attached hydrogens (tertiary/aromatic N) is 1. The lowest BCUT2D eigenvalue weighted by molar-refractivity contribution is -0.346. The molecule has 16 nitrogen and oxygen atoms in total. The van der Waals surface area contributed by atoms with Gasteiger partial charge in [-0.3, -0.25) is 24.2 Å². The van der Waals surface area contributed by atoms with Crippen LogP contribution in [0.15, 0.2) is 96.2 Å². The number of ether oxygens (including phenoxy) is 5. The SMILES string of the molecule is CC(=O)O[C@H]1C(=O)[C@@]2(C)C(C(OC(=O)c3ccccc3)[C@]3(O)C[C@H](OC(=O)[C@H](O)[C@@H](NC(=O)c4ccccn4)c4ccccc4)C(C)=C1C3(C)C)[C@]1(OC(C)=O)CO[C@@H]1C[C@@H]2O. The molecule has 2 bridgehead atoms. The van der Waals surface area contributed by atoms with Crippen LogP contribution in [0.25, 0.3) is 0 Å². The van der Waals surface area contributed by atoms with E-state index in [4.69, 9.17) is 23.7 Å². The molecule has 2 heterocycles. The van der Waals surface area contributed by atoms with E-state index in [9.17, 15) is 39.3 Å². The zero-order valence-corrected chi connectivity index (χ0v) is 35.1. The largest absolute Gasteiger partial charge is 0.456 e. The Morgan fingerprint density at radius 3 is 2.11 bits per heavy atom. The summed E-state index contributed by atoms with van der Waals surface area (Å²) in [6, 6.07) is 19.3. The van der Waals surface area contributed by atoms with E-state index >= 15 is 4.79 Å². The summed E-state index contributed by atoms with van der Waals surface area (Å²) in [4.78, 5) is 87.4. The van der Waals surface area contributed by atoms with Crippen molar-refractivity contribution in [2.75, 3.05) is 6.61 Å². The number of hydrogen-bond donors (Lipinski definition) is 4. The molecule has 4 aliphatic rings. The molecule has 1 aliphatic heterocycles. The van der Waals surface area contributed by atoms with Gasteiger partial charge < -0.3 is 44.3 Å². The predicted molar refractivity (Wildman–Crippen MR) is 215 cm³/mol. The zero-order valence-electron chi connectivity index (χ0n) is 35.1. The van der Waals surface area contributed by atoms with E-state index in [0.29, 0.717) is 5.56 Å². The number of pyridine rings is 1. The number of aliphatic hydroxyl groups is 3. The van der Waals surface area contributed by atoms with E-state index in [0.717, 1.165) is 13.8 Å². The van der Waals surface area contributed by atoms with Crippen LogP contribution in [0.1, 0.15) is 86.8 Å². The fraction of sp³-hybridized carbons (Fsp3) is 0.457. The Kier molecular flexibility index (Phi) is 11.8. The standard InChI is InChI=1S/C46H50N2O14/c1-24-30(60-42(56)35(52)34(27-15-9-7-10-16-27)48-40(54)29-19-13-14-20-47-29)22-46(57)39(61-41(55)28-17-11-8-12-18-28)37-44(6,31(51)21-32-45(37,23-58-32)62-26(3)50)38(53)36(59-25(2)49)33(24)43(46,4)5/h7-20,30-32,34-37,39,51-52,57H,21-23H2,1-6H3,(H,48,54)/t30-,31-,32+,34-,35+,36+,37?,39?,44+,45-,46+/m0/s1. The van der Waals surface area contributed by atoms with Crippen LogP contribution in [-0.2, 0) is 42.9 Å². The number of benzene rings is 2. The first-order chi connectivity index (χ1) is 29.3. The number of aromatic nitrogens is 1. The van der Waals surface area contributed by atoms with Crippen LogP contribution < -0.4 is 5.32 Å². The van der Waals surface area contributed by atoms with E-state index in [1.54, 1.807) is 74.5 Å². The molecule has 2 aromatic carbocycles. The fourth-order valence-electron chi connectivity index (χ4n) is 10.1. The van der Waals surface area contributed by atoms with Gasteiger partial charge in [-0.1, -0.05) is 68.4 Å². The van der Waals surface area contributed by atoms with Crippen molar-refractivity contribution in [2.45, 2.75) is 108 Å². The number of hydrogen-bond acceptors (Lipinski definition) is 15. The van der Waals surface area contributed by atoms with Gasteiger partial charge in [0, 0.05) is 38.3 Å². The number of nitrogens with one attached hydrogen (secondary N) is 1. The predicted octanol–water partition coefficient (Wildman–Crippen LogP) is 3.13. The first-order valence-electron chi connectivity index (χ1n) is 20.3. The summed E-state index contributed by atoms with van der Waals surface area (Å²) in [6.45, 7) is 7.94. The maximum Gasteiger partial charge on any atom is 0.338 e. The minimum atomic E-state index is -2.40. The van der Waals surface area contributed by atoms with E-state index in [2.05, 4.69) is 10.3 Å². The average molecular weight is 855 g/mol. The minimum Gasteiger partial charge on any atom is -0.456 e. The van der Waals surface area contributed by atoms with Crippen molar-refractivity contribution in [3.05, 3.63) is 113 Å². The molecule has 2 saturated carbocycles. The Labute approximate surface area is 357 Å². The van der Waals surface area contributed by atoms with Crippen LogP contribution in [0.5, 0.6) is 0 Å². The van der Waals surface area contributed by atoms with E-state index in [1.165, 1.54) is 38.2 Å². The van der Waals surface area contributed by atoms with E-state index in [-0.39, 0.29) is 35.4 Å². The molecule has 1 aromatic heterocycles. The van der Waals surface area contributed by atoms with Gasteiger partial charge in [0.25, 0.3) is 5.91 Å². The van der Waals surface area contributed by atoms with Gasteiger partial charge in [-0.25, -0.2) is 9.59 Å². The smallest absolute Gasteiger partial charge is 0.338 e. The topological polar surface area (TPSA) is 234 Å². The molecular formula is C46H50N2O14. The van der Waals surface area contributed by atoms with Crippen LogP contribution >= 0.6 is 0 Å². The van der Waals surface area contributed by atoms with Gasteiger partial charge in [0.2, 0.25) is 0 Å². The molecule has 1 saturated heterocycles. The molecule has 0 spiro atoms. The van der Waals surface area contributed by atoms with Crippen LogP contribution in [0, 0.1) is 16.7 Å². The van der Waals surface area contributed by atoms with Gasteiger partial charge in [-0.2, -0.15) is 0 Å². The number of carbonyl (C=O) groups is 6. The number of carbonyl (C=O) groups excluding carboxylic acids is 6. The molecule has 3 aromatic rings. The average Bonchev–Trinajstić information content (AvgIpc) is 3.24. The first kappa shape index (κ1) is 44.3. The summed E-state index contributed by atoms with van der Waals surface area (Å²) in [5.41, 5.74) is -7.34. The van der Waals surface area contributed by atoms with Gasteiger partial charge in [-0.05, 0) is 54.8 Å². The van der Waals surface area contributed by atoms with Gasteiger partial charge >= 0.3 is 23.9 Å². The van der Waals surface area contributed by atoms with Crippen molar-refractivity contribution in [2.24, 2.45) is 16.7 Å². The third-order valence-corrected chi connectivity index (χ3v) is 13.3. The molecule has 11 atom stereocenters. The molecule has 2 unspecified atom stereocenters. The Hall–Kier alpha value is -5.81. The first-order valence-corrected chi connectivity index (χ1v) is 20.3. The number of amides is 1. The van der Waals surface area contributed by atoms with Crippen molar-refractivity contribution in [3.8, 4) is 0 Å². The molecule has 0 radical (unpaired) electrons. The molecule has 3 aliphatic carbocycles. The normalized spacial score (nSPS) is 31.9. The summed E-state index contributed by atoms with van der Waals surface area (Å²) < 4.78 is 30.2. The highest BCUT2D eigenvalue weighted by molar-refractivity contribution is 5.96. The second-order valence-electron chi connectivity index (χ2n) is 17.2. The molecule has 328 valence electrons. The van der Waals surface area contributed by atoms with Crippen LogP contribution in [0.2, 0.25) is 0 Å². The van der Waals surface area contributed by atoms with Crippen molar-refractivity contribution >= 4 is 35.6 Å². The highest BCUT2D eigenvalue weighted by Crippen LogP contribution is 2.64. The maximum atomic E-state index is 15.5. The molecule has 3 fully saturated rings. The molecule has 62 heavy (non-hydrogen) atoms. The van der Waals surface area contributed by atoms with E-state index < -0.39 is 113 Å². The molecule has 7 rings (SSSR count). The second-order valence-corrected chi connectivity index (χ2v) is 17.2. The molecule has 16 heteroatoms. The Morgan fingerprint density at radius 1 is 0.887 bits per heavy atom. The van der Waals surface area contributed by atoms with Gasteiger partial charge in [0.15, 0.2) is 23.6 Å². The van der Waals surface area contributed by atoms with Crippen LogP contribution in [-0.4, -0.2) is 110 Å². The minimum absolute atomic E-state index is 0.00850. The Balaban J connectivity index is 1.39. The number of ketones is 1. The van der Waals surface area contributed by atoms with Crippen molar-refractivity contribution in [3.63, 3.8) is 0 Å². The summed E-state index contributed by atoms with van der Waals surface area (Å²) >= 11 is 0. The number of rotatable bonds is 10. The van der Waals surface area contributed by atoms with Crippen molar-refractivity contribution < 1.29 is 67.8 Å². The summed E-state index contributed by atoms with van der Waals surface area (Å²) in [5.74, 6) is -7.00. The summed E-state index contributed by atoms with van der Waals surface area (Å²) in [7, 11) is 0. The second kappa shape index (κ2) is 16.5. The lowest BCUT2D eigenvalue weighted by Crippen LogP contribution is -2.82. The van der Waals surface area contributed by atoms with Crippen LogP contribution in [0.4, 0.5) is 0 Å². The zero-order chi connectivity index (χ0) is 44.9. The lowest BCUT2D eigenvalue weighted by Gasteiger charge is -2.67. The Morgan fingerprint density at radius 2 is 1.53 bits per heavy atom. The lowest BCUT2D eigenvalue weighted by atomic mass is 9.44. The van der Waals surface area contributed by atoms with Gasteiger partial charge in [0.05, 0.1) is 35.6 Å². The third-order valence-electron chi connectivity index (χ3n) is 13.3.